The standard InChI is InChI=1S/C35H55NO9/c1-19-16-21(29(31(5,6)41)43-20(2)39)44-27-26(19)32(7)12-13-34-18-33(34)11-10-24(45-25(17-38)42-15-14-37)30(3,4)22(33)8-9-23(34)35(32,36)28(27)40/h14,17,19,21-29,40-41H,8-13,15-16,18,36H2,1-7H3/t19-,21?,22+,23?,24+,25?,26+,27?,28+,29+,32?,33?,34?,35+/m1/s1. The van der Waals surface area contributed by atoms with Gasteiger partial charge in [0.05, 0.1) is 35.6 Å². The fourth-order valence-electron chi connectivity index (χ4n) is 12.6. The van der Waals surface area contributed by atoms with Crippen LogP contribution in [-0.2, 0) is 33.3 Å². The fourth-order valence-corrected chi connectivity index (χ4v) is 12.6. The molecule has 0 bridgehead atoms. The molecule has 1 heterocycles. The first-order valence-corrected chi connectivity index (χ1v) is 17.1. The molecule has 5 aliphatic carbocycles. The van der Waals surface area contributed by atoms with Crippen LogP contribution in [0.2, 0.25) is 0 Å². The second-order valence-electron chi connectivity index (χ2n) is 17.0. The Morgan fingerprint density at radius 1 is 1.09 bits per heavy atom. The lowest BCUT2D eigenvalue weighted by atomic mass is 9.43. The summed E-state index contributed by atoms with van der Waals surface area (Å²) in [6.45, 7) is 13.4. The Bertz CT molecular complexity index is 1200. The number of ether oxygens (including phenoxy) is 4. The second kappa shape index (κ2) is 10.8. The van der Waals surface area contributed by atoms with Crippen molar-refractivity contribution in [3.8, 4) is 0 Å². The van der Waals surface area contributed by atoms with Gasteiger partial charge in [0.15, 0.2) is 12.4 Å². The summed E-state index contributed by atoms with van der Waals surface area (Å²) in [6, 6.07) is 0. The number of nitrogens with two attached hydrogens (primary N) is 1. The molecule has 4 N–H and O–H groups in total. The van der Waals surface area contributed by atoms with E-state index in [0.717, 1.165) is 44.9 Å². The van der Waals surface area contributed by atoms with Crippen molar-refractivity contribution >= 4 is 18.5 Å². The van der Waals surface area contributed by atoms with Crippen LogP contribution in [-0.4, -0.2) is 83.3 Å². The van der Waals surface area contributed by atoms with Crippen molar-refractivity contribution < 1.29 is 43.5 Å². The normalized spacial score (nSPS) is 49.2. The average molecular weight is 634 g/mol. The maximum Gasteiger partial charge on any atom is 0.303 e. The molecule has 6 aliphatic rings. The van der Waals surface area contributed by atoms with E-state index in [4.69, 9.17) is 24.7 Å². The molecule has 0 amide bonds. The van der Waals surface area contributed by atoms with Crippen LogP contribution in [0.4, 0.5) is 0 Å². The summed E-state index contributed by atoms with van der Waals surface area (Å²) in [7, 11) is 0. The highest BCUT2D eigenvalue weighted by molar-refractivity contribution is 5.66. The molecule has 1 aliphatic heterocycles. The number of hydrogen-bond acceptors (Lipinski definition) is 10. The van der Waals surface area contributed by atoms with E-state index >= 15 is 0 Å². The highest BCUT2D eigenvalue weighted by atomic mass is 16.7. The molecule has 5 saturated carbocycles. The molecule has 45 heavy (non-hydrogen) atoms. The predicted octanol–water partition coefficient (Wildman–Crippen LogP) is 3.32. The molecule has 2 spiro atoms. The summed E-state index contributed by atoms with van der Waals surface area (Å²) in [5.74, 6) is 0.240. The quantitative estimate of drug-likeness (QED) is 0.196. The Morgan fingerprint density at radius 3 is 2.38 bits per heavy atom. The first-order valence-electron chi connectivity index (χ1n) is 17.1. The van der Waals surface area contributed by atoms with Gasteiger partial charge in [0, 0.05) is 6.92 Å². The van der Waals surface area contributed by atoms with Crippen molar-refractivity contribution in [3.63, 3.8) is 0 Å². The largest absolute Gasteiger partial charge is 0.457 e. The Morgan fingerprint density at radius 2 is 1.76 bits per heavy atom. The third-order valence-corrected chi connectivity index (χ3v) is 14.3. The molecule has 6 fully saturated rings. The van der Waals surface area contributed by atoms with E-state index in [1.54, 1.807) is 13.8 Å². The summed E-state index contributed by atoms with van der Waals surface area (Å²) < 4.78 is 23.9. The summed E-state index contributed by atoms with van der Waals surface area (Å²) in [4.78, 5) is 34.5. The molecule has 0 aromatic heterocycles. The number of carbonyl (C=O) groups excluding carboxylic acids is 3. The third-order valence-electron chi connectivity index (χ3n) is 14.3. The molecule has 6 rings (SSSR count). The van der Waals surface area contributed by atoms with Crippen molar-refractivity contribution in [3.05, 3.63) is 0 Å². The van der Waals surface area contributed by atoms with E-state index in [9.17, 15) is 24.6 Å². The van der Waals surface area contributed by atoms with Crippen LogP contribution in [0.15, 0.2) is 0 Å². The molecule has 7 unspecified atom stereocenters. The van der Waals surface area contributed by atoms with Gasteiger partial charge < -0.3 is 39.7 Å². The Labute approximate surface area is 267 Å². The number of aldehydes is 2. The van der Waals surface area contributed by atoms with Crippen LogP contribution in [0.1, 0.15) is 99.8 Å². The summed E-state index contributed by atoms with van der Waals surface area (Å²) in [6.07, 6.45) is 4.55. The molecule has 1 saturated heterocycles. The Hall–Kier alpha value is -1.43. The van der Waals surface area contributed by atoms with Crippen LogP contribution in [0.3, 0.4) is 0 Å². The first kappa shape index (κ1) is 33.5. The van der Waals surface area contributed by atoms with E-state index < -0.39 is 47.8 Å². The van der Waals surface area contributed by atoms with E-state index in [1.807, 2.05) is 0 Å². The smallest absolute Gasteiger partial charge is 0.303 e. The summed E-state index contributed by atoms with van der Waals surface area (Å²) in [5, 5.41) is 23.3. The number of carbonyl (C=O) groups is 3. The number of fused-ring (bicyclic) bond motifs is 4. The van der Waals surface area contributed by atoms with Gasteiger partial charge in [-0.1, -0.05) is 27.7 Å². The SMILES string of the molecule is CC(=O)O[C@@H](C1C[C@@H](C)[C@H]2C(O1)[C@H](O)[C@@]1(N)C3CC[C@H]4C(C)(C)[C@@H](OC(C=O)OCC=O)CCC45CC35CCC21C)C(C)(C)O. The van der Waals surface area contributed by atoms with Gasteiger partial charge in [-0.2, -0.15) is 0 Å². The van der Waals surface area contributed by atoms with Crippen molar-refractivity contribution in [2.75, 3.05) is 6.61 Å². The minimum absolute atomic E-state index is 0.0367. The van der Waals surface area contributed by atoms with E-state index in [0.29, 0.717) is 24.9 Å². The predicted molar refractivity (Wildman–Crippen MR) is 164 cm³/mol. The minimum atomic E-state index is -1.31. The van der Waals surface area contributed by atoms with Gasteiger partial charge in [-0.15, -0.1) is 0 Å². The zero-order valence-electron chi connectivity index (χ0n) is 28.1. The molecule has 10 nitrogen and oxygen atoms in total. The van der Waals surface area contributed by atoms with E-state index in [1.165, 1.54) is 6.92 Å². The van der Waals surface area contributed by atoms with Gasteiger partial charge in [0.2, 0.25) is 6.29 Å². The van der Waals surface area contributed by atoms with Crippen molar-refractivity contribution in [2.24, 2.45) is 51.1 Å². The zero-order chi connectivity index (χ0) is 33.0. The lowest BCUT2D eigenvalue weighted by molar-refractivity contribution is -0.218. The topological polar surface area (TPSA) is 155 Å². The van der Waals surface area contributed by atoms with Gasteiger partial charge in [-0.3, -0.25) is 9.59 Å². The van der Waals surface area contributed by atoms with Gasteiger partial charge >= 0.3 is 5.97 Å². The van der Waals surface area contributed by atoms with Crippen LogP contribution < -0.4 is 5.73 Å². The summed E-state index contributed by atoms with van der Waals surface area (Å²) >= 11 is 0. The first-order chi connectivity index (χ1) is 20.9. The molecule has 0 aromatic rings. The maximum absolute atomic E-state index is 12.3. The van der Waals surface area contributed by atoms with Crippen LogP contribution in [0.5, 0.6) is 0 Å². The fraction of sp³-hybridized carbons (Fsp3) is 0.914. The molecular weight excluding hydrogens is 578 g/mol. The summed E-state index contributed by atoms with van der Waals surface area (Å²) in [5.41, 5.74) is 5.14. The van der Waals surface area contributed by atoms with E-state index in [-0.39, 0.29) is 52.1 Å². The van der Waals surface area contributed by atoms with Gasteiger partial charge in [-0.05, 0) is 111 Å². The number of hydrogen-bond donors (Lipinski definition) is 3. The van der Waals surface area contributed by atoms with Crippen molar-refractivity contribution in [2.45, 2.75) is 148 Å². The third kappa shape index (κ3) is 4.52. The zero-order valence-corrected chi connectivity index (χ0v) is 28.1. The molecule has 10 heteroatoms. The van der Waals surface area contributed by atoms with Gasteiger partial charge in [0.25, 0.3) is 0 Å². The van der Waals surface area contributed by atoms with Gasteiger partial charge in [-0.25, -0.2) is 0 Å². The number of aliphatic hydroxyl groups excluding tert-OH is 1. The number of esters is 1. The van der Waals surface area contributed by atoms with Crippen LogP contribution >= 0.6 is 0 Å². The van der Waals surface area contributed by atoms with Crippen molar-refractivity contribution in [1.82, 2.24) is 0 Å². The average Bonchev–Trinajstić information content (AvgIpc) is 3.59. The Balaban J connectivity index is 1.27. The van der Waals surface area contributed by atoms with Crippen LogP contribution in [0, 0.1) is 45.3 Å². The maximum atomic E-state index is 12.3. The minimum Gasteiger partial charge on any atom is -0.457 e. The Kier molecular flexibility index (Phi) is 8.03. The number of rotatable bonds is 9. The molecule has 0 radical (unpaired) electrons. The monoisotopic (exact) mass is 633 g/mol. The lowest BCUT2D eigenvalue weighted by Crippen LogP contribution is -2.70. The molecule has 14 atom stereocenters. The van der Waals surface area contributed by atoms with Crippen LogP contribution in [0.25, 0.3) is 0 Å². The van der Waals surface area contributed by atoms with E-state index in [2.05, 4.69) is 27.7 Å². The van der Waals surface area contributed by atoms with Crippen molar-refractivity contribution in [1.29, 1.82) is 0 Å². The van der Waals surface area contributed by atoms with Gasteiger partial charge in [0.1, 0.15) is 12.9 Å². The molecule has 254 valence electrons. The molecule has 0 aromatic carbocycles. The highest BCUT2D eigenvalue weighted by Gasteiger charge is 2.85. The number of aliphatic hydroxyl groups is 2. The lowest BCUT2D eigenvalue weighted by Gasteiger charge is -2.63. The second-order valence-corrected chi connectivity index (χ2v) is 17.0. The highest BCUT2D eigenvalue weighted by Crippen LogP contribution is 2.87. The molecular formula is C35H55NO9.